The van der Waals surface area contributed by atoms with Gasteiger partial charge in [-0.15, -0.1) is 0 Å². The predicted molar refractivity (Wildman–Crippen MR) is 89.8 cm³/mol. The molecule has 3 rings (SSSR count). The van der Waals surface area contributed by atoms with Crippen molar-refractivity contribution in [3.05, 3.63) is 59.4 Å². The molecule has 0 N–H and O–H groups in total. The Morgan fingerprint density at radius 3 is 2.26 bits per heavy atom. The zero-order valence-corrected chi connectivity index (χ0v) is 13.7. The highest BCUT2D eigenvalue weighted by atomic mass is 19.1. The molecule has 2 aromatic carbocycles. The van der Waals surface area contributed by atoms with Gasteiger partial charge in [0, 0.05) is 5.92 Å². The summed E-state index contributed by atoms with van der Waals surface area (Å²) in [6.07, 6.45) is 4.99. The zero-order valence-electron chi connectivity index (χ0n) is 13.7. The summed E-state index contributed by atoms with van der Waals surface area (Å²) >= 11 is 0. The Bertz CT molecular complexity index is 645. The summed E-state index contributed by atoms with van der Waals surface area (Å²) in [5, 5.41) is 0. The van der Waals surface area contributed by atoms with E-state index in [1.165, 1.54) is 25.0 Å². The van der Waals surface area contributed by atoms with Crippen LogP contribution in [0.1, 0.15) is 49.7 Å². The molecule has 0 radical (unpaired) electrons. The Morgan fingerprint density at radius 1 is 0.957 bits per heavy atom. The summed E-state index contributed by atoms with van der Waals surface area (Å²) in [5.74, 6) is 1.55. The van der Waals surface area contributed by atoms with Gasteiger partial charge in [0.05, 0.1) is 13.2 Å². The van der Waals surface area contributed by atoms with Crippen molar-refractivity contribution >= 4 is 0 Å². The Kier molecular flexibility index (Phi) is 4.85. The molecule has 122 valence electrons. The van der Waals surface area contributed by atoms with Crippen LogP contribution in [0.5, 0.6) is 11.5 Å². The van der Waals surface area contributed by atoms with E-state index in [2.05, 4.69) is 13.0 Å². The summed E-state index contributed by atoms with van der Waals surface area (Å²) in [6.45, 7) is 2.12. The molecule has 1 atom stereocenters. The summed E-state index contributed by atoms with van der Waals surface area (Å²) in [5.41, 5.74) is 2.23. The molecule has 0 aliphatic heterocycles. The lowest BCUT2D eigenvalue weighted by Gasteiger charge is -2.19. The van der Waals surface area contributed by atoms with Gasteiger partial charge in [0.15, 0.2) is 11.5 Å². The van der Waals surface area contributed by atoms with Crippen molar-refractivity contribution in [2.75, 3.05) is 7.11 Å². The maximum atomic E-state index is 13.1. The summed E-state index contributed by atoms with van der Waals surface area (Å²) < 4.78 is 24.7. The van der Waals surface area contributed by atoms with Gasteiger partial charge in [0.25, 0.3) is 0 Å². The number of rotatable bonds is 5. The lowest BCUT2D eigenvalue weighted by Crippen LogP contribution is -2.12. The average molecular weight is 314 g/mol. The Hall–Kier alpha value is -2.03. The van der Waals surface area contributed by atoms with Gasteiger partial charge in [-0.2, -0.15) is 0 Å². The fourth-order valence-corrected chi connectivity index (χ4v) is 3.18. The molecule has 0 bridgehead atoms. The fraction of sp³-hybridized carbons (Fsp3) is 0.400. The van der Waals surface area contributed by atoms with E-state index in [0.717, 1.165) is 35.5 Å². The van der Waals surface area contributed by atoms with Crippen LogP contribution in [0.2, 0.25) is 0 Å². The van der Waals surface area contributed by atoms with Crippen LogP contribution in [-0.4, -0.2) is 13.2 Å². The third kappa shape index (κ3) is 3.66. The number of benzene rings is 2. The third-order valence-corrected chi connectivity index (χ3v) is 4.65. The molecule has 1 aliphatic rings. The molecule has 0 spiro atoms. The third-order valence-electron chi connectivity index (χ3n) is 4.65. The number of ether oxygens (including phenoxy) is 2. The van der Waals surface area contributed by atoms with Gasteiger partial charge in [-0.25, -0.2) is 4.39 Å². The van der Waals surface area contributed by atoms with Gasteiger partial charge in [0.1, 0.15) is 5.82 Å². The van der Waals surface area contributed by atoms with Gasteiger partial charge in [-0.05, 0) is 61.1 Å². The smallest absolute Gasteiger partial charge is 0.161 e. The zero-order chi connectivity index (χ0) is 16.2. The first kappa shape index (κ1) is 15.9. The highest BCUT2D eigenvalue weighted by Crippen LogP contribution is 2.35. The van der Waals surface area contributed by atoms with Crippen LogP contribution in [0.25, 0.3) is 0 Å². The molecular weight excluding hydrogens is 291 g/mol. The van der Waals surface area contributed by atoms with Gasteiger partial charge in [-0.1, -0.05) is 25.1 Å². The minimum atomic E-state index is -0.207. The van der Waals surface area contributed by atoms with E-state index in [-0.39, 0.29) is 11.7 Å². The van der Waals surface area contributed by atoms with E-state index in [0.29, 0.717) is 6.10 Å². The van der Waals surface area contributed by atoms with E-state index in [1.807, 2.05) is 24.3 Å². The van der Waals surface area contributed by atoms with Crippen LogP contribution in [-0.2, 0) is 0 Å². The van der Waals surface area contributed by atoms with Crippen molar-refractivity contribution in [3.8, 4) is 11.5 Å². The van der Waals surface area contributed by atoms with Gasteiger partial charge in [-0.3, -0.25) is 0 Å². The number of hydrogen-bond acceptors (Lipinski definition) is 2. The fourth-order valence-electron chi connectivity index (χ4n) is 3.18. The van der Waals surface area contributed by atoms with Crippen LogP contribution < -0.4 is 9.47 Å². The van der Waals surface area contributed by atoms with Gasteiger partial charge >= 0.3 is 0 Å². The van der Waals surface area contributed by atoms with Crippen LogP contribution in [0.15, 0.2) is 42.5 Å². The van der Waals surface area contributed by atoms with E-state index >= 15 is 0 Å². The van der Waals surface area contributed by atoms with E-state index < -0.39 is 0 Å². The van der Waals surface area contributed by atoms with Crippen molar-refractivity contribution in [1.29, 1.82) is 0 Å². The number of halogens is 1. The molecule has 3 heteroatoms. The highest BCUT2D eigenvalue weighted by molar-refractivity contribution is 5.46. The van der Waals surface area contributed by atoms with E-state index in [4.69, 9.17) is 9.47 Å². The first-order valence-corrected chi connectivity index (χ1v) is 8.27. The molecule has 1 fully saturated rings. The number of hydrogen-bond donors (Lipinski definition) is 0. The molecule has 0 aromatic heterocycles. The Balaban J connectivity index is 1.85. The Labute approximate surface area is 137 Å². The summed E-state index contributed by atoms with van der Waals surface area (Å²) in [6, 6.07) is 12.7. The molecule has 2 aromatic rings. The molecule has 1 saturated carbocycles. The minimum Gasteiger partial charge on any atom is -0.493 e. The maximum absolute atomic E-state index is 13.1. The molecule has 0 amide bonds. The van der Waals surface area contributed by atoms with Crippen molar-refractivity contribution in [2.45, 2.75) is 44.6 Å². The molecule has 0 heterocycles. The molecule has 0 saturated heterocycles. The molecule has 1 unspecified atom stereocenters. The molecular formula is C20H23FO2. The lowest BCUT2D eigenvalue weighted by molar-refractivity contribution is 0.200. The maximum Gasteiger partial charge on any atom is 0.161 e. The first-order valence-electron chi connectivity index (χ1n) is 8.27. The first-order chi connectivity index (χ1) is 11.2. The van der Waals surface area contributed by atoms with Crippen molar-refractivity contribution in [3.63, 3.8) is 0 Å². The number of methoxy groups -OCH3 is 1. The SMILES string of the molecule is COc1ccc(C(C)c2ccc(F)cc2)cc1OC1CCCC1. The lowest BCUT2D eigenvalue weighted by atomic mass is 9.93. The summed E-state index contributed by atoms with van der Waals surface area (Å²) in [7, 11) is 1.67. The minimum absolute atomic E-state index is 0.174. The van der Waals surface area contributed by atoms with Crippen LogP contribution in [0.3, 0.4) is 0 Å². The second kappa shape index (κ2) is 7.03. The second-order valence-electron chi connectivity index (χ2n) is 6.21. The Morgan fingerprint density at radius 2 is 1.61 bits per heavy atom. The monoisotopic (exact) mass is 314 g/mol. The molecule has 1 aliphatic carbocycles. The van der Waals surface area contributed by atoms with Crippen LogP contribution in [0.4, 0.5) is 4.39 Å². The normalized spacial score (nSPS) is 16.3. The van der Waals surface area contributed by atoms with Crippen molar-refractivity contribution in [2.24, 2.45) is 0 Å². The van der Waals surface area contributed by atoms with Crippen molar-refractivity contribution < 1.29 is 13.9 Å². The summed E-state index contributed by atoms with van der Waals surface area (Å²) in [4.78, 5) is 0. The quantitative estimate of drug-likeness (QED) is 0.745. The van der Waals surface area contributed by atoms with Gasteiger partial charge in [0.2, 0.25) is 0 Å². The molecule has 2 nitrogen and oxygen atoms in total. The van der Waals surface area contributed by atoms with E-state index in [1.54, 1.807) is 7.11 Å². The predicted octanol–water partition coefficient (Wildman–Crippen LogP) is 5.31. The largest absolute Gasteiger partial charge is 0.493 e. The average Bonchev–Trinajstić information content (AvgIpc) is 3.08. The van der Waals surface area contributed by atoms with Gasteiger partial charge < -0.3 is 9.47 Å². The second-order valence-corrected chi connectivity index (χ2v) is 6.21. The topological polar surface area (TPSA) is 18.5 Å². The highest BCUT2D eigenvalue weighted by Gasteiger charge is 2.19. The van der Waals surface area contributed by atoms with E-state index in [9.17, 15) is 4.39 Å². The van der Waals surface area contributed by atoms with Crippen LogP contribution >= 0.6 is 0 Å². The molecule has 23 heavy (non-hydrogen) atoms. The van der Waals surface area contributed by atoms with Crippen molar-refractivity contribution in [1.82, 2.24) is 0 Å². The van der Waals surface area contributed by atoms with Crippen LogP contribution in [0, 0.1) is 5.82 Å². The standard InChI is InChI=1S/C20H23FO2/c1-14(15-7-10-17(21)11-8-15)16-9-12-19(22-2)20(13-16)23-18-5-3-4-6-18/h7-14,18H,3-6H2,1-2H3.